The van der Waals surface area contributed by atoms with Crippen LogP contribution in [0, 0.1) is 13.8 Å². The van der Waals surface area contributed by atoms with Gasteiger partial charge in [-0.05, 0) is 56.7 Å². The predicted molar refractivity (Wildman–Crippen MR) is 242 cm³/mol. The smallest absolute Gasteiger partial charge is 0.262 e. The van der Waals surface area contributed by atoms with Gasteiger partial charge in [-0.2, -0.15) is 0 Å². The molecule has 0 aliphatic rings. The summed E-state index contributed by atoms with van der Waals surface area (Å²) in [6.07, 6.45) is 23.0. The van der Waals surface area contributed by atoms with Crippen LogP contribution in [0.1, 0.15) is 192 Å². The van der Waals surface area contributed by atoms with Gasteiger partial charge in [0.2, 0.25) is 5.88 Å². The number of para-hydroxylation sites is 1. The zero-order valence-corrected chi connectivity index (χ0v) is 36.0. The molecule has 7 nitrogen and oxygen atoms in total. The lowest BCUT2D eigenvalue weighted by atomic mass is 9.87. The zero-order valence-electron chi connectivity index (χ0n) is 36.0. The summed E-state index contributed by atoms with van der Waals surface area (Å²) in [5.74, 6) is -0.0849. The van der Waals surface area contributed by atoms with Crippen molar-refractivity contribution in [1.29, 1.82) is 0 Å². The molecule has 6 rings (SSSR count). The minimum absolute atomic E-state index is 0.0849. The van der Waals surface area contributed by atoms with E-state index in [1.54, 1.807) is 9.13 Å². The standard InChI is InChI=1S/C50H69N3O4/c1-7-11-15-19-23-29-35(27-21-17-13-9-3)52-47(54)39-33(5)34(6)40-43-42(39)44(49(52)56)41-37-31-25-26-32-38(37)51-46(41)45(43)50(57)53(48(40)55)36(28-22-18-14-10-4)30-24-20-16-12-8-2/h25-26,31-32,35-36,57H,7-24,27-30H2,1-6H3. The molecule has 308 valence electrons. The van der Waals surface area contributed by atoms with Crippen LogP contribution in [0.2, 0.25) is 0 Å². The van der Waals surface area contributed by atoms with Gasteiger partial charge in [-0.3, -0.25) is 23.5 Å². The highest BCUT2D eigenvalue weighted by molar-refractivity contribution is 6.38. The van der Waals surface area contributed by atoms with E-state index < -0.39 is 0 Å². The van der Waals surface area contributed by atoms with E-state index in [4.69, 9.17) is 4.98 Å². The van der Waals surface area contributed by atoms with Gasteiger partial charge in [-0.15, -0.1) is 0 Å². The summed E-state index contributed by atoms with van der Waals surface area (Å²) in [7, 11) is 0. The summed E-state index contributed by atoms with van der Waals surface area (Å²) >= 11 is 0. The van der Waals surface area contributed by atoms with Crippen LogP contribution >= 0.6 is 0 Å². The number of pyridine rings is 2. The summed E-state index contributed by atoms with van der Waals surface area (Å²) in [5.41, 5.74) is 1.98. The first-order valence-corrected chi connectivity index (χ1v) is 23.0. The molecular weight excluding hydrogens is 707 g/mol. The van der Waals surface area contributed by atoms with Crippen LogP contribution in [0.5, 0.6) is 5.88 Å². The van der Waals surface area contributed by atoms with Crippen LogP contribution in [-0.2, 0) is 0 Å². The van der Waals surface area contributed by atoms with Gasteiger partial charge >= 0.3 is 0 Å². The number of aromatic hydroxyl groups is 1. The number of aromatic nitrogens is 3. The molecule has 0 saturated carbocycles. The fourth-order valence-corrected chi connectivity index (χ4v) is 9.96. The van der Waals surface area contributed by atoms with Crippen LogP contribution in [0.25, 0.3) is 54.1 Å². The SMILES string of the molecule is CCCCCCCC(CCCCCC)n1c(O)c2c3nc4ccccc4c3c3c(=O)n(C(CCCCCC)CCCCCCC)c(=O)c4c(C)c(C)c(c1=O)c2c43. The Morgan fingerprint density at radius 2 is 0.895 bits per heavy atom. The van der Waals surface area contributed by atoms with Gasteiger partial charge in [0.1, 0.15) is 0 Å². The van der Waals surface area contributed by atoms with E-state index in [9.17, 15) is 5.11 Å². The van der Waals surface area contributed by atoms with Crippen LogP contribution < -0.4 is 16.7 Å². The highest BCUT2D eigenvalue weighted by Crippen LogP contribution is 2.46. The maximum Gasteiger partial charge on any atom is 0.262 e. The number of unbranched alkanes of at least 4 members (excludes halogenated alkanes) is 14. The van der Waals surface area contributed by atoms with Gasteiger partial charge in [-0.25, -0.2) is 4.98 Å². The molecule has 0 amide bonds. The maximum absolute atomic E-state index is 15.4. The second kappa shape index (κ2) is 19.6. The van der Waals surface area contributed by atoms with Crippen molar-refractivity contribution in [3.05, 3.63) is 66.5 Å². The number of aryl methyl sites for hydroxylation is 2. The molecule has 0 aliphatic carbocycles. The lowest BCUT2D eigenvalue weighted by Gasteiger charge is -2.26. The van der Waals surface area contributed by atoms with E-state index in [0.29, 0.717) is 43.2 Å². The third-order valence-electron chi connectivity index (χ3n) is 13.2. The van der Waals surface area contributed by atoms with Gasteiger partial charge in [0.05, 0.1) is 32.6 Å². The van der Waals surface area contributed by atoms with E-state index in [2.05, 4.69) is 27.7 Å². The summed E-state index contributed by atoms with van der Waals surface area (Å²) in [5, 5.41) is 17.1. The Kier molecular flexibility index (Phi) is 14.7. The average Bonchev–Trinajstić information content (AvgIpc) is 3.58. The average molecular weight is 776 g/mol. The second-order valence-corrected chi connectivity index (χ2v) is 17.2. The molecule has 3 heterocycles. The lowest BCUT2D eigenvalue weighted by molar-refractivity contribution is 0.334. The normalized spacial score (nSPS) is 13.4. The molecule has 6 aromatic rings. The Labute approximate surface area is 339 Å². The Hall–Kier alpha value is -4.00. The molecule has 0 spiro atoms. The van der Waals surface area contributed by atoms with E-state index in [1.807, 2.05) is 38.1 Å². The summed E-state index contributed by atoms with van der Waals surface area (Å²) in [6, 6.07) is 7.48. The summed E-state index contributed by atoms with van der Waals surface area (Å²) in [6.45, 7) is 12.7. The molecule has 0 bridgehead atoms. The molecular formula is C50H69N3O4. The fraction of sp³-hybridized carbons (Fsp3) is 0.600. The topological polar surface area (TPSA) is 94.2 Å². The number of nitrogens with zero attached hydrogens (tertiary/aromatic N) is 3. The van der Waals surface area contributed by atoms with E-state index >= 15 is 14.4 Å². The monoisotopic (exact) mass is 776 g/mol. The van der Waals surface area contributed by atoms with Crippen molar-refractivity contribution >= 4 is 54.1 Å². The largest absolute Gasteiger partial charge is 0.494 e. The van der Waals surface area contributed by atoms with Gasteiger partial charge in [0.25, 0.3) is 16.7 Å². The molecule has 0 radical (unpaired) electrons. The van der Waals surface area contributed by atoms with Gasteiger partial charge in [-0.1, -0.05) is 161 Å². The molecule has 0 aliphatic heterocycles. The molecule has 0 fully saturated rings. The van der Waals surface area contributed by atoms with Gasteiger partial charge in [0.15, 0.2) is 0 Å². The molecule has 1 N–H and O–H groups in total. The van der Waals surface area contributed by atoms with Crippen LogP contribution in [0.3, 0.4) is 0 Å². The minimum atomic E-state index is -0.291. The minimum Gasteiger partial charge on any atom is -0.494 e. The molecule has 57 heavy (non-hydrogen) atoms. The Morgan fingerprint density at radius 1 is 0.491 bits per heavy atom. The molecule has 2 atom stereocenters. The van der Waals surface area contributed by atoms with Crippen molar-refractivity contribution < 1.29 is 5.11 Å². The van der Waals surface area contributed by atoms with Crippen LogP contribution in [0.4, 0.5) is 0 Å². The first-order chi connectivity index (χ1) is 27.7. The predicted octanol–water partition coefficient (Wildman–Crippen LogP) is 13.5. The Bertz CT molecular complexity index is 2440. The van der Waals surface area contributed by atoms with Crippen molar-refractivity contribution in [3.8, 4) is 5.88 Å². The van der Waals surface area contributed by atoms with E-state index in [-0.39, 0.29) is 34.6 Å². The second-order valence-electron chi connectivity index (χ2n) is 17.2. The van der Waals surface area contributed by atoms with Crippen molar-refractivity contribution in [3.63, 3.8) is 0 Å². The maximum atomic E-state index is 15.4. The number of rotatable bonds is 24. The highest BCUT2D eigenvalue weighted by Gasteiger charge is 2.32. The molecule has 3 aromatic carbocycles. The molecule has 3 aromatic heterocycles. The molecule has 2 unspecified atom stereocenters. The number of fused-ring (bicyclic) bond motifs is 5. The van der Waals surface area contributed by atoms with Crippen molar-refractivity contribution in [2.75, 3.05) is 0 Å². The van der Waals surface area contributed by atoms with Crippen LogP contribution in [0.15, 0.2) is 38.6 Å². The molecule has 7 heteroatoms. The van der Waals surface area contributed by atoms with E-state index in [0.717, 1.165) is 144 Å². The molecule has 0 saturated heterocycles. The third-order valence-corrected chi connectivity index (χ3v) is 13.2. The Morgan fingerprint density at radius 3 is 1.40 bits per heavy atom. The highest BCUT2D eigenvalue weighted by atomic mass is 16.3. The summed E-state index contributed by atoms with van der Waals surface area (Å²) in [4.78, 5) is 50.8. The summed E-state index contributed by atoms with van der Waals surface area (Å²) < 4.78 is 3.28. The number of benzene rings is 3. The quantitative estimate of drug-likeness (QED) is 0.0488. The first-order valence-electron chi connectivity index (χ1n) is 23.0. The van der Waals surface area contributed by atoms with Gasteiger partial charge < -0.3 is 5.11 Å². The van der Waals surface area contributed by atoms with Crippen molar-refractivity contribution in [2.45, 2.75) is 195 Å². The van der Waals surface area contributed by atoms with E-state index in [1.165, 1.54) is 19.3 Å². The fourth-order valence-electron chi connectivity index (χ4n) is 9.96. The Balaban J connectivity index is 1.68. The van der Waals surface area contributed by atoms with Crippen molar-refractivity contribution in [1.82, 2.24) is 14.1 Å². The first kappa shape index (κ1) is 42.6. The third kappa shape index (κ3) is 8.32. The lowest BCUT2D eigenvalue weighted by Crippen LogP contribution is -2.37. The van der Waals surface area contributed by atoms with Crippen molar-refractivity contribution in [2.24, 2.45) is 0 Å². The number of hydrogen-bond acceptors (Lipinski definition) is 5. The van der Waals surface area contributed by atoms with Gasteiger partial charge in [0, 0.05) is 33.6 Å². The van der Waals surface area contributed by atoms with Crippen LogP contribution in [-0.4, -0.2) is 19.2 Å². The number of hydrogen-bond donors (Lipinski definition) is 1. The zero-order chi connectivity index (χ0) is 40.6.